The summed E-state index contributed by atoms with van der Waals surface area (Å²) >= 11 is 0. The molecule has 0 bridgehead atoms. The van der Waals surface area contributed by atoms with Gasteiger partial charge < -0.3 is 15.4 Å². The smallest absolute Gasteiger partial charge is 0.220 e. The first-order chi connectivity index (χ1) is 6.83. The monoisotopic (exact) mass is 200 g/mol. The molecule has 1 atom stereocenters. The number of amides is 1. The Bertz CT molecular complexity index is 168. The summed E-state index contributed by atoms with van der Waals surface area (Å²) in [5.41, 5.74) is 0. The fraction of sp³-hybridized carbons (Fsp3) is 0.900. The van der Waals surface area contributed by atoms with Gasteiger partial charge in [0.25, 0.3) is 0 Å². The van der Waals surface area contributed by atoms with E-state index in [2.05, 4.69) is 10.6 Å². The number of methoxy groups -OCH3 is 1. The second kappa shape index (κ2) is 6.79. The fourth-order valence-corrected chi connectivity index (χ4v) is 1.73. The third kappa shape index (κ3) is 4.58. The van der Waals surface area contributed by atoms with Crippen LogP contribution in [-0.2, 0) is 9.53 Å². The van der Waals surface area contributed by atoms with Crippen LogP contribution in [0.1, 0.15) is 19.3 Å². The Morgan fingerprint density at radius 3 is 3.14 bits per heavy atom. The number of nitrogens with one attached hydrogen (secondary N) is 2. The third-order valence-corrected chi connectivity index (χ3v) is 2.50. The molecule has 0 aromatic rings. The van der Waals surface area contributed by atoms with E-state index >= 15 is 0 Å². The second-order valence-electron chi connectivity index (χ2n) is 3.76. The van der Waals surface area contributed by atoms with Crippen LogP contribution in [0.2, 0.25) is 0 Å². The number of piperidine rings is 1. The Balaban J connectivity index is 2.06. The average Bonchev–Trinajstić information content (AvgIpc) is 2.20. The summed E-state index contributed by atoms with van der Waals surface area (Å²) in [6.45, 7) is 3.30. The van der Waals surface area contributed by atoms with Gasteiger partial charge in [-0.25, -0.2) is 0 Å². The van der Waals surface area contributed by atoms with Crippen molar-refractivity contribution in [1.29, 1.82) is 0 Å². The number of hydrogen-bond acceptors (Lipinski definition) is 3. The maximum absolute atomic E-state index is 11.4. The van der Waals surface area contributed by atoms with E-state index in [1.165, 1.54) is 12.8 Å². The summed E-state index contributed by atoms with van der Waals surface area (Å²) in [6, 6.07) is 0. The Morgan fingerprint density at radius 1 is 1.64 bits per heavy atom. The maximum Gasteiger partial charge on any atom is 0.220 e. The first kappa shape index (κ1) is 11.5. The standard InChI is InChI=1S/C10H20N2O2/c1-14-6-5-12-10(13)7-9-3-2-4-11-8-9/h9,11H,2-8H2,1H3,(H,12,13)/t9-/m1/s1. The van der Waals surface area contributed by atoms with Gasteiger partial charge in [-0.05, 0) is 31.8 Å². The van der Waals surface area contributed by atoms with Crippen LogP contribution >= 0.6 is 0 Å². The molecular weight excluding hydrogens is 180 g/mol. The summed E-state index contributed by atoms with van der Waals surface area (Å²) in [4.78, 5) is 11.4. The van der Waals surface area contributed by atoms with Gasteiger partial charge in [0.2, 0.25) is 5.91 Å². The molecule has 1 aliphatic rings. The van der Waals surface area contributed by atoms with Crippen molar-refractivity contribution in [2.24, 2.45) is 5.92 Å². The predicted molar refractivity (Wildman–Crippen MR) is 55.1 cm³/mol. The van der Waals surface area contributed by atoms with E-state index in [-0.39, 0.29) is 5.91 Å². The van der Waals surface area contributed by atoms with Gasteiger partial charge in [0, 0.05) is 20.1 Å². The molecule has 14 heavy (non-hydrogen) atoms. The molecular formula is C10H20N2O2. The van der Waals surface area contributed by atoms with E-state index in [4.69, 9.17) is 4.74 Å². The van der Waals surface area contributed by atoms with Crippen LogP contribution < -0.4 is 10.6 Å². The zero-order chi connectivity index (χ0) is 10.2. The van der Waals surface area contributed by atoms with Crippen LogP contribution in [0.4, 0.5) is 0 Å². The minimum Gasteiger partial charge on any atom is -0.383 e. The Hall–Kier alpha value is -0.610. The fourth-order valence-electron chi connectivity index (χ4n) is 1.73. The molecule has 1 aliphatic heterocycles. The summed E-state index contributed by atoms with van der Waals surface area (Å²) in [5, 5.41) is 6.14. The number of rotatable bonds is 5. The Morgan fingerprint density at radius 2 is 2.50 bits per heavy atom. The highest BCUT2D eigenvalue weighted by atomic mass is 16.5. The van der Waals surface area contributed by atoms with Gasteiger partial charge >= 0.3 is 0 Å². The average molecular weight is 200 g/mol. The van der Waals surface area contributed by atoms with E-state index in [0.29, 0.717) is 25.5 Å². The molecule has 4 nitrogen and oxygen atoms in total. The largest absolute Gasteiger partial charge is 0.383 e. The van der Waals surface area contributed by atoms with Gasteiger partial charge in [0.05, 0.1) is 6.61 Å². The van der Waals surface area contributed by atoms with Crippen LogP contribution in [0, 0.1) is 5.92 Å². The molecule has 0 spiro atoms. The molecule has 0 saturated carbocycles. The number of ether oxygens (including phenoxy) is 1. The molecule has 2 N–H and O–H groups in total. The number of carbonyl (C=O) groups excluding carboxylic acids is 1. The van der Waals surface area contributed by atoms with E-state index in [0.717, 1.165) is 13.1 Å². The number of hydrogen-bond donors (Lipinski definition) is 2. The quantitative estimate of drug-likeness (QED) is 0.621. The molecule has 0 aromatic heterocycles. The van der Waals surface area contributed by atoms with Gasteiger partial charge in [0.15, 0.2) is 0 Å². The van der Waals surface area contributed by atoms with Crippen molar-refractivity contribution in [3.05, 3.63) is 0 Å². The minimum absolute atomic E-state index is 0.149. The first-order valence-corrected chi connectivity index (χ1v) is 5.29. The number of carbonyl (C=O) groups is 1. The van der Waals surface area contributed by atoms with Crippen molar-refractivity contribution >= 4 is 5.91 Å². The molecule has 1 heterocycles. The van der Waals surface area contributed by atoms with Crippen molar-refractivity contribution in [1.82, 2.24) is 10.6 Å². The summed E-state index contributed by atoms with van der Waals surface area (Å²) in [6.07, 6.45) is 3.01. The van der Waals surface area contributed by atoms with Crippen molar-refractivity contribution in [3.63, 3.8) is 0 Å². The van der Waals surface area contributed by atoms with E-state index in [9.17, 15) is 4.79 Å². The maximum atomic E-state index is 11.4. The normalized spacial score (nSPS) is 21.9. The van der Waals surface area contributed by atoms with Gasteiger partial charge in [-0.2, -0.15) is 0 Å². The molecule has 0 aliphatic carbocycles. The molecule has 1 fully saturated rings. The molecule has 82 valence electrons. The zero-order valence-corrected chi connectivity index (χ0v) is 8.84. The van der Waals surface area contributed by atoms with Crippen molar-refractivity contribution in [3.8, 4) is 0 Å². The molecule has 0 unspecified atom stereocenters. The lowest BCUT2D eigenvalue weighted by atomic mass is 9.96. The van der Waals surface area contributed by atoms with Crippen LogP contribution in [-0.4, -0.2) is 39.3 Å². The SMILES string of the molecule is COCCNC(=O)C[C@H]1CCCNC1. The molecule has 1 rings (SSSR count). The van der Waals surface area contributed by atoms with Gasteiger partial charge in [-0.15, -0.1) is 0 Å². The Kier molecular flexibility index (Phi) is 5.56. The van der Waals surface area contributed by atoms with E-state index < -0.39 is 0 Å². The lowest BCUT2D eigenvalue weighted by Gasteiger charge is -2.21. The summed E-state index contributed by atoms with van der Waals surface area (Å²) in [5.74, 6) is 0.669. The highest BCUT2D eigenvalue weighted by Crippen LogP contribution is 2.13. The second-order valence-corrected chi connectivity index (χ2v) is 3.76. The van der Waals surface area contributed by atoms with Crippen molar-refractivity contribution in [2.45, 2.75) is 19.3 Å². The highest BCUT2D eigenvalue weighted by molar-refractivity contribution is 5.76. The molecule has 1 saturated heterocycles. The van der Waals surface area contributed by atoms with Gasteiger partial charge in [0.1, 0.15) is 0 Å². The topological polar surface area (TPSA) is 50.4 Å². The highest BCUT2D eigenvalue weighted by Gasteiger charge is 2.15. The van der Waals surface area contributed by atoms with Gasteiger partial charge in [-0.1, -0.05) is 0 Å². The van der Waals surface area contributed by atoms with Crippen molar-refractivity contribution < 1.29 is 9.53 Å². The van der Waals surface area contributed by atoms with E-state index in [1.54, 1.807) is 7.11 Å². The van der Waals surface area contributed by atoms with Gasteiger partial charge in [-0.3, -0.25) is 4.79 Å². The minimum atomic E-state index is 0.149. The molecule has 1 amide bonds. The summed E-state index contributed by atoms with van der Waals surface area (Å²) in [7, 11) is 1.64. The first-order valence-electron chi connectivity index (χ1n) is 5.29. The van der Waals surface area contributed by atoms with E-state index in [1.807, 2.05) is 0 Å². The molecule has 0 aromatic carbocycles. The van der Waals surface area contributed by atoms with Crippen molar-refractivity contribution in [2.75, 3.05) is 33.4 Å². The van der Waals surface area contributed by atoms with Crippen LogP contribution in [0.5, 0.6) is 0 Å². The summed E-state index contributed by atoms with van der Waals surface area (Å²) < 4.78 is 4.86. The van der Waals surface area contributed by atoms with Crippen LogP contribution in [0.25, 0.3) is 0 Å². The van der Waals surface area contributed by atoms with Crippen LogP contribution in [0.3, 0.4) is 0 Å². The predicted octanol–water partition coefficient (Wildman–Crippen LogP) is 0.139. The molecule has 0 radical (unpaired) electrons. The lowest BCUT2D eigenvalue weighted by molar-refractivity contribution is -0.122. The third-order valence-electron chi connectivity index (χ3n) is 2.50. The lowest BCUT2D eigenvalue weighted by Crippen LogP contribution is -2.35. The molecule has 4 heteroatoms. The van der Waals surface area contributed by atoms with Crippen LogP contribution in [0.15, 0.2) is 0 Å². The Labute approximate surface area is 85.4 Å². The zero-order valence-electron chi connectivity index (χ0n) is 8.84.